The Morgan fingerprint density at radius 1 is 1.40 bits per heavy atom. The molecule has 0 unspecified atom stereocenters. The van der Waals surface area contributed by atoms with Crippen molar-refractivity contribution in [1.82, 2.24) is 24.4 Å². The second kappa shape index (κ2) is 6.34. The number of nitrogens with zero attached hydrogens (tertiary/aromatic N) is 5. The molecule has 8 heteroatoms. The molecule has 7 nitrogen and oxygen atoms in total. The second-order valence-corrected chi connectivity index (χ2v) is 8.07. The van der Waals surface area contributed by atoms with Crippen molar-refractivity contribution >= 4 is 16.3 Å². The van der Waals surface area contributed by atoms with E-state index in [0.717, 1.165) is 40.7 Å². The Morgan fingerprint density at radius 2 is 2.24 bits per heavy atom. The summed E-state index contributed by atoms with van der Waals surface area (Å²) in [7, 11) is 0. The van der Waals surface area contributed by atoms with Crippen LogP contribution < -0.4 is 5.56 Å². The van der Waals surface area contributed by atoms with E-state index in [2.05, 4.69) is 33.9 Å². The Kier molecular flexibility index (Phi) is 4.16. The molecule has 3 aromatic rings. The fraction of sp³-hybridized carbons (Fsp3) is 0.529. The molecule has 0 radical (unpaired) electrons. The van der Waals surface area contributed by atoms with E-state index < -0.39 is 0 Å². The Morgan fingerprint density at radius 3 is 3.00 bits per heavy atom. The van der Waals surface area contributed by atoms with Crippen molar-refractivity contribution in [3.63, 3.8) is 0 Å². The lowest BCUT2D eigenvalue weighted by molar-refractivity contribution is 0.199. The van der Waals surface area contributed by atoms with Gasteiger partial charge in [0.1, 0.15) is 0 Å². The van der Waals surface area contributed by atoms with E-state index in [4.69, 9.17) is 4.52 Å². The third kappa shape index (κ3) is 3.11. The predicted octanol–water partition coefficient (Wildman–Crippen LogP) is 2.91. The number of fused-ring (bicyclic) bond motifs is 1. The standard InChI is InChI=1S/C17H21N5O2S/c1-10(2)15-19-16(24-20-15)13-5-4-6-21(13)9-12-7-14(23)22-8-11(3)25-17(22)18-12/h7-8,10,13H,4-6,9H2,1-3H3/t13-/m0/s1. The number of hydrogen-bond donors (Lipinski definition) is 0. The van der Waals surface area contributed by atoms with Crippen LogP contribution in [0.25, 0.3) is 4.96 Å². The van der Waals surface area contributed by atoms with Gasteiger partial charge < -0.3 is 4.52 Å². The topological polar surface area (TPSA) is 76.5 Å². The minimum Gasteiger partial charge on any atom is -0.338 e. The van der Waals surface area contributed by atoms with Crippen molar-refractivity contribution < 1.29 is 4.52 Å². The van der Waals surface area contributed by atoms with Crippen LogP contribution in [0.2, 0.25) is 0 Å². The van der Waals surface area contributed by atoms with Crippen LogP contribution in [0.1, 0.15) is 60.9 Å². The van der Waals surface area contributed by atoms with Gasteiger partial charge in [0.2, 0.25) is 5.89 Å². The first kappa shape index (κ1) is 16.4. The number of aryl methyl sites for hydroxylation is 1. The van der Waals surface area contributed by atoms with Crippen LogP contribution in [0.3, 0.4) is 0 Å². The van der Waals surface area contributed by atoms with Crippen LogP contribution in [0.15, 0.2) is 21.6 Å². The number of thiazole rings is 1. The fourth-order valence-corrected chi connectivity index (χ4v) is 4.11. The van der Waals surface area contributed by atoms with E-state index >= 15 is 0 Å². The smallest absolute Gasteiger partial charge is 0.258 e. The lowest BCUT2D eigenvalue weighted by Gasteiger charge is -2.20. The molecule has 0 N–H and O–H groups in total. The largest absolute Gasteiger partial charge is 0.338 e. The molecule has 3 aromatic heterocycles. The SMILES string of the molecule is Cc1cn2c(=O)cc(CN3CCC[C@H]3c3nc(C(C)C)no3)nc2s1. The molecule has 0 spiro atoms. The Bertz CT molecular complexity index is 958. The number of aromatic nitrogens is 4. The van der Waals surface area contributed by atoms with Crippen molar-refractivity contribution in [2.45, 2.75) is 52.1 Å². The van der Waals surface area contributed by atoms with Gasteiger partial charge in [-0.05, 0) is 26.3 Å². The van der Waals surface area contributed by atoms with Gasteiger partial charge >= 0.3 is 0 Å². The van der Waals surface area contributed by atoms with Crippen LogP contribution in [0.5, 0.6) is 0 Å². The highest BCUT2D eigenvalue weighted by Gasteiger charge is 2.31. The highest BCUT2D eigenvalue weighted by atomic mass is 32.1. The molecule has 0 aromatic carbocycles. The summed E-state index contributed by atoms with van der Waals surface area (Å²) in [6.07, 6.45) is 3.89. The minimum absolute atomic E-state index is 0.0278. The van der Waals surface area contributed by atoms with Gasteiger partial charge in [0.05, 0.1) is 11.7 Å². The maximum absolute atomic E-state index is 12.3. The average molecular weight is 359 g/mol. The van der Waals surface area contributed by atoms with E-state index in [0.29, 0.717) is 12.4 Å². The molecule has 25 heavy (non-hydrogen) atoms. The molecule has 1 aliphatic heterocycles. The van der Waals surface area contributed by atoms with Crippen molar-refractivity contribution in [3.05, 3.63) is 44.9 Å². The number of hydrogen-bond acceptors (Lipinski definition) is 7. The first-order chi connectivity index (χ1) is 12.0. The van der Waals surface area contributed by atoms with Gasteiger partial charge in [0, 0.05) is 29.6 Å². The van der Waals surface area contributed by atoms with Crippen molar-refractivity contribution in [2.75, 3.05) is 6.54 Å². The van der Waals surface area contributed by atoms with Crippen LogP contribution in [0, 0.1) is 6.92 Å². The van der Waals surface area contributed by atoms with Gasteiger partial charge in [-0.15, -0.1) is 11.3 Å². The number of rotatable bonds is 4. The lowest BCUT2D eigenvalue weighted by Crippen LogP contribution is -2.25. The second-order valence-electron chi connectivity index (χ2n) is 6.85. The molecule has 0 aliphatic carbocycles. The molecule has 1 saturated heterocycles. The zero-order chi connectivity index (χ0) is 17.6. The van der Waals surface area contributed by atoms with Crippen LogP contribution in [0.4, 0.5) is 0 Å². The van der Waals surface area contributed by atoms with Crippen molar-refractivity contribution in [3.8, 4) is 0 Å². The summed E-state index contributed by atoms with van der Waals surface area (Å²) in [6.45, 7) is 7.64. The van der Waals surface area contributed by atoms with Gasteiger partial charge in [0.25, 0.3) is 5.56 Å². The molecular weight excluding hydrogens is 338 g/mol. The van der Waals surface area contributed by atoms with Crippen molar-refractivity contribution in [2.24, 2.45) is 0 Å². The fourth-order valence-electron chi connectivity index (χ4n) is 3.26. The molecule has 1 atom stereocenters. The third-order valence-corrected chi connectivity index (χ3v) is 5.42. The lowest BCUT2D eigenvalue weighted by atomic mass is 10.2. The summed E-state index contributed by atoms with van der Waals surface area (Å²) in [5, 5.41) is 4.08. The summed E-state index contributed by atoms with van der Waals surface area (Å²) in [5.41, 5.74) is 0.766. The molecule has 4 heterocycles. The molecule has 4 rings (SSSR count). The number of likely N-dealkylation sites (tertiary alicyclic amines) is 1. The van der Waals surface area contributed by atoms with Crippen LogP contribution in [-0.4, -0.2) is 31.0 Å². The summed E-state index contributed by atoms with van der Waals surface area (Å²) in [5.74, 6) is 1.67. The molecule has 1 aliphatic rings. The van der Waals surface area contributed by atoms with Gasteiger partial charge in [-0.1, -0.05) is 19.0 Å². The van der Waals surface area contributed by atoms with Gasteiger partial charge in [-0.2, -0.15) is 4.98 Å². The Balaban J connectivity index is 1.59. The molecule has 1 fully saturated rings. The highest BCUT2D eigenvalue weighted by molar-refractivity contribution is 7.16. The summed E-state index contributed by atoms with van der Waals surface area (Å²) in [4.78, 5) is 25.6. The van der Waals surface area contributed by atoms with Crippen molar-refractivity contribution in [1.29, 1.82) is 0 Å². The first-order valence-electron chi connectivity index (χ1n) is 8.57. The third-order valence-electron chi connectivity index (χ3n) is 4.52. The molecule has 132 valence electrons. The molecule has 0 bridgehead atoms. The minimum atomic E-state index is -0.0278. The monoisotopic (exact) mass is 359 g/mol. The predicted molar refractivity (Wildman–Crippen MR) is 94.8 cm³/mol. The maximum Gasteiger partial charge on any atom is 0.258 e. The zero-order valence-electron chi connectivity index (χ0n) is 14.6. The van der Waals surface area contributed by atoms with E-state index in [1.807, 2.05) is 13.1 Å². The van der Waals surface area contributed by atoms with Gasteiger partial charge in [-0.25, -0.2) is 4.98 Å². The first-order valence-corrected chi connectivity index (χ1v) is 9.39. The summed E-state index contributed by atoms with van der Waals surface area (Å²) < 4.78 is 7.10. The zero-order valence-corrected chi connectivity index (χ0v) is 15.4. The molecule has 0 amide bonds. The highest BCUT2D eigenvalue weighted by Crippen LogP contribution is 2.32. The quantitative estimate of drug-likeness (QED) is 0.713. The van der Waals surface area contributed by atoms with E-state index in [9.17, 15) is 4.79 Å². The summed E-state index contributed by atoms with van der Waals surface area (Å²) in [6, 6.07) is 1.73. The normalized spacial score (nSPS) is 18.6. The average Bonchev–Trinajstić information content (AvgIpc) is 3.25. The van der Waals surface area contributed by atoms with Crippen LogP contribution in [-0.2, 0) is 6.54 Å². The summed E-state index contributed by atoms with van der Waals surface area (Å²) >= 11 is 1.53. The Hall–Kier alpha value is -2.06. The van der Waals surface area contributed by atoms with E-state index in [1.165, 1.54) is 11.3 Å². The maximum atomic E-state index is 12.3. The van der Waals surface area contributed by atoms with E-state index in [1.54, 1.807) is 10.5 Å². The van der Waals surface area contributed by atoms with Crippen LogP contribution >= 0.6 is 11.3 Å². The molecule has 0 saturated carbocycles. The van der Waals surface area contributed by atoms with E-state index in [-0.39, 0.29) is 17.5 Å². The van der Waals surface area contributed by atoms with Gasteiger partial charge in [-0.3, -0.25) is 14.1 Å². The molecular formula is C17H21N5O2S. The Labute approximate surface area is 149 Å². The van der Waals surface area contributed by atoms with Gasteiger partial charge in [0.15, 0.2) is 10.8 Å².